The van der Waals surface area contributed by atoms with Crippen molar-refractivity contribution in [1.82, 2.24) is 4.31 Å². The molecule has 2 aromatic carbocycles. The summed E-state index contributed by atoms with van der Waals surface area (Å²) in [6.07, 6.45) is -6.30. The second-order valence-corrected chi connectivity index (χ2v) is 9.72. The number of benzene rings is 2. The Hall–Kier alpha value is -3.43. The van der Waals surface area contributed by atoms with E-state index < -0.39 is 69.4 Å². The van der Waals surface area contributed by atoms with Crippen molar-refractivity contribution in [1.29, 1.82) is 10.5 Å². The van der Waals surface area contributed by atoms with Gasteiger partial charge in [-0.25, -0.2) is 12.8 Å². The summed E-state index contributed by atoms with van der Waals surface area (Å²) in [7, 11) is -4.65. The van der Waals surface area contributed by atoms with E-state index >= 15 is 0 Å². The standard InChI is InChI=1S/C22H19F4N3O6S/c1-2-34-17-6-13(8-27)16(23)7-18(17)35-20-10-29(11-21(20,31)12-30)36(32,33)19-4-3-15(22(24,25)26)5-14(19)9-28/h3-7,20,30-31H,2,10-12H2,1H3/t20-,21+/m0/s1. The first-order valence-corrected chi connectivity index (χ1v) is 11.7. The molecule has 1 heterocycles. The summed E-state index contributed by atoms with van der Waals surface area (Å²) in [5.41, 5.74) is -4.56. The van der Waals surface area contributed by atoms with Gasteiger partial charge >= 0.3 is 6.18 Å². The van der Waals surface area contributed by atoms with Crippen molar-refractivity contribution in [2.75, 3.05) is 26.3 Å². The number of rotatable bonds is 7. The summed E-state index contributed by atoms with van der Waals surface area (Å²) in [6.45, 7) is -0.661. The second kappa shape index (κ2) is 9.91. The van der Waals surface area contributed by atoms with Gasteiger partial charge < -0.3 is 19.7 Å². The number of nitriles is 2. The number of halogens is 4. The van der Waals surface area contributed by atoms with Gasteiger partial charge in [-0.15, -0.1) is 0 Å². The Bertz CT molecular complexity index is 1350. The maximum absolute atomic E-state index is 14.2. The van der Waals surface area contributed by atoms with Gasteiger partial charge in [-0.2, -0.15) is 28.0 Å². The summed E-state index contributed by atoms with van der Waals surface area (Å²) in [5.74, 6) is -1.34. The van der Waals surface area contributed by atoms with E-state index in [0.29, 0.717) is 22.5 Å². The van der Waals surface area contributed by atoms with Crippen LogP contribution in [0.3, 0.4) is 0 Å². The molecule has 192 valence electrons. The quantitative estimate of drug-likeness (QED) is 0.520. The van der Waals surface area contributed by atoms with Crippen LogP contribution in [0.25, 0.3) is 0 Å². The fourth-order valence-corrected chi connectivity index (χ4v) is 5.23. The lowest BCUT2D eigenvalue weighted by Gasteiger charge is -2.27. The summed E-state index contributed by atoms with van der Waals surface area (Å²) in [5, 5.41) is 39.0. The molecule has 0 aliphatic carbocycles. The molecule has 0 unspecified atom stereocenters. The number of hydrogen-bond acceptors (Lipinski definition) is 8. The van der Waals surface area contributed by atoms with Crippen LogP contribution in [0.2, 0.25) is 0 Å². The number of β-amino-alcohol motifs (C(OH)–C–C–N with tert-alkyl or cyclic N) is 1. The Morgan fingerprint density at radius 2 is 1.83 bits per heavy atom. The van der Waals surface area contributed by atoms with Crippen molar-refractivity contribution in [2.45, 2.75) is 29.7 Å². The van der Waals surface area contributed by atoms with Gasteiger partial charge in [0.1, 0.15) is 29.7 Å². The molecule has 1 aliphatic rings. The molecule has 9 nitrogen and oxygen atoms in total. The molecule has 14 heteroatoms. The Morgan fingerprint density at radius 1 is 1.17 bits per heavy atom. The molecule has 1 saturated heterocycles. The topological polar surface area (TPSA) is 144 Å². The van der Waals surface area contributed by atoms with Gasteiger partial charge in [0.2, 0.25) is 10.0 Å². The van der Waals surface area contributed by atoms with Crippen LogP contribution in [0, 0.1) is 28.5 Å². The highest BCUT2D eigenvalue weighted by Gasteiger charge is 2.51. The van der Waals surface area contributed by atoms with Crippen LogP contribution in [0.15, 0.2) is 35.2 Å². The normalized spacial score (nSPS) is 20.5. The van der Waals surface area contributed by atoms with Gasteiger partial charge in [-0.05, 0) is 25.1 Å². The zero-order valence-electron chi connectivity index (χ0n) is 18.6. The van der Waals surface area contributed by atoms with Crippen molar-refractivity contribution in [2.24, 2.45) is 0 Å². The summed E-state index contributed by atoms with van der Waals surface area (Å²) < 4.78 is 91.2. The number of aliphatic hydroxyl groups excluding tert-OH is 1. The predicted molar refractivity (Wildman–Crippen MR) is 114 cm³/mol. The number of alkyl halides is 3. The summed E-state index contributed by atoms with van der Waals surface area (Å²) in [6, 6.07) is 6.44. The van der Waals surface area contributed by atoms with Gasteiger partial charge in [0.25, 0.3) is 0 Å². The lowest BCUT2D eigenvalue weighted by Crippen LogP contribution is -2.48. The minimum absolute atomic E-state index is 0.0773. The SMILES string of the molecule is CCOc1cc(C#N)c(F)cc1O[C@H]1CN(S(=O)(=O)c2ccc(C(F)(F)F)cc2C#N)C[C@@]1(O)CO. The molecule has 1 aliphatic heterocycles. The zero-order chi connectivity index (χ0) is 26.9. The molecule has 3 rings (SSSR count). The van der Waals surface area contributed by atoms with E-state index in [1.54, 1.807) is 13.0 Å². The number of hydrogen-bond donors (Lipinski definition) is 2. The van der Waals surface area contributed by atoms with Crippen LogP contribution < -0.4 is 9.47 Å². The van der Waals surface area contributed by atoms with E-state index in [2.05, 4.69) is 0 Å². The van der Waals surface area contributed by atoms with Crippen LogP contribution in [0.1, 0.15) is 23.6 Å². The highest BCUT2D eigenvalue weighted by molar-refractivity contribution is 7.89. The third-order valence-electron chi connectivity index (χ3n) is 5.46. The van der Waals surface area contributed by atoms with Gasteiger partial charge in [0.05, 0.1) is 41.3 Å². The van der Waals surface area contributed by atoms with Gasteiger partial charge in [-0.3, -0.25) is 0 Å². The summed E-state index contributed by atoms with van der Waals surface area (Å²) in [4.78, 5) is -0.738. The van der Waals surface area contributed by atoms with Crippen molar-refractivity contribution < 1.29 is 45.7 Å². The van der Waals surface area contributed by atoms with Crippen LogP contribution in [-0.2, 0) is 16.2 Å². The molecule has 0 saturated carbocycles. The first-order chi connectivity index (χ1) is 16.8. The maximum atomic E-state index is 14.2. The fourth-order valence-electron chi connectivity index (χ4n) is 3.60. The highest BCUT2D eigenvalue weighted by atomic mass is 32.2. The number of nitrogens with zero attached hydrogens (tertiary/aromatic N) is 3. The minimum atomic E-state index is -4.81. The molecule has 36 heavy (non-hydrogen) atoms. The maximum Gasteiger partial charge on any atom is 0.416 e. The van der Waals surface area contributed by atoms with E-state index in [0.717, 1.165) is 12.1 Å². The smallest absolute Gasteiger partial charge is 0.416 e. The average Bonchev–Trinajstić information content (AvgIpc) is 3.17. The largest absolute Gasteiger partial charge is 0.490 e. The molecule has 2 atom stereocenters. The molecule has 2 aromatic rings. The molecule has 1 fully saturated rings. The van der Waals surface area contributed by atoms with E-state index in [1.807, 2.05) is 0 Å². The molecule has 0 spiro atoms. The molecular weight excluding hydrogens is 510 g/mol. The van der Waals surface area contributed by atoms with Crippen LogP contribution in [0.5, 0.6) is 11.5 Å². The molecule has 0 bridgehead atoms. The number of sulfonamides is 1. The second-order valence-electron chi connectivity index (χ2n) is 7.81. The molecule has 0 amide bonds. The monoisotopic (exact) mass is 529 g/mol. The van der Waals surface area contributed by atoms with E-state index in [9.17, 15) is 41.5 Å². The van der Waals surface area contributed by atoms with E-state index in [1.165, 1.54) is 6.07 Å². The molecular formula is C22H19F4N3O6S. The minimum Gasteiger partial charge on any atom is -0.490 e. The van der Waals surface area contributed by atoms with Crippen molar-refractivity contribution in [3.8, 4) is 23.6 Å². The zero-order valence-corrected chi connectivity index (χ0v) is 19.4. The lowest BCUT2D eigenvalue weighted by atomic mass is 10.0. The van der Waals surface area contributed by atoms with Crippen LogP contribution >= 0.6 is 0 Å². The van der Waals surface area contributed by atoms with Gasteiger partial charge in [0, 0.05) is 18.7 Å². The van der Waals surface area contributed by atoms with E-state index in [4.69, 9.17) is 14.7 Å². The Labute approximate surface area is 203 Å². The molecule has 0 radical (unpaired) electrons. The lowest BCUT2D eigenvalue weighted by molar-refractivity contribution is -0.137. The van der Waals surface area contributed by atoms with Crippen LogP contribution in [-0.4, -0.2) is 60.9 Å². The molecule has 0 aromatic heterocycles. The van der Waals surface area contributed by atoms with E-state index in [-0.39, 0.29) is 23.7 Å². The fraction of sp³-hybridized carbons (Fsp3) is 0.364. The summed E-state index contributed by atoms with van der Waals surface area (Å²) >= 11 is 0. The van der Waals surface area contributed by atoms with Gasteiger partial charge in [0.15, 0.2) is 11.5 Å². The first kappa shape index (κ1) is 27.2. The highest BCUT2D eigenvalue weighted by Crippen LogP contribution is 2.37. The number of ether oxygens (including phenoxy) is 2. The third kappa shape index (κ3) is 5.08. The Morgan fingerprint density at radius 3 is 2.39 bits per heavy atom. The predicted octanol–water partition coefficient (Wildman–Crippen LogP) is 2.16. The number of aliphatic hydroxyl groups is 2. The molecule has 2 N–H and O–H groups in total. The first-order valence-electron chi connectivity index (χ1n) is 10.3. The van der Waals surface area contributed by atoms with Crippen molar-refractivity contribution in [3.63, 3.8) is 0 Å². The van der Waals surface area contributed by atoms with Crippen molar-refractivity contribution >= 4 is 10.0 Å². The van der Waals surface area contributed by atoms with Crippen molar-refractivity contribution in [3.05, 3.63) is 52.8 Å². The Balaban J connectivity index is 1.98. The van der Waals surface area contributed by atoms with Gasteiger partial charge in [-0.1, -0.05) is 0 Å². The third-order valence-corrected chi connectivity index (χ3v) is 7.33. The Kier molecular flexibility index (Phi) is 7.48. The van der Waals surface area contributed by atoms with Crippen LogP contribution in [0.4, 0.5) is 17.6 Å². The average molecular weight is 529 g/mol.